The molecule has 4 N–H and O–H groups in total. The molecule has 0 atom stereocenters. The second-order valence-electron chi connectivity index (χ2n) is 8.29. The molecule has 0 unspecified atom stereocenters. The van der Waals surface area contributed by atoms with Gasteiger partial charge in [-0.25, -0.2) is 19.3 Å². The smallest absolute Gasteiger partial charge is 0.135 e. The third-order valence-corrected chi connectivity index (χ3v) is 5.93. The van der Waals surface area contributed by atoms with Gasteiger partial charge in [-0.15, -0.1) is 0 Å². The highest BCUT2D eigenvalue weighted by molar-refractivity contribution is 5.82. The van der Waals surface area contributed by atoms with Crippen molar-refractivity contribution >= 4 is 28.4 Å². The van der Waals surface area contributed by atoms with Crippen LogP contribution in [0, 0.1) is 5.82 Å². The maximum atomic E-state index is 13.8. The van der Waals surface area contributed by atoms with Crippen molar-refractivity contribution in [2.24, 2.45) is 0 Å². The van der Waals surface area contributed by atoms with Crippen LogP contribution in [0.3, 0.4) is 0 Å². The number of pyridine rings is 1. The summed E-state index contributed by atoms with van der Waals surface area (Å²) in [6.07, 6.45) is 4.02. The van der Waals surface area contributed by atoms with Crippen molar-refractivity contribution in [1.82, 2.24) is 15.0 Å². The van der Waals surface area contributed by atoms with E-state index in [9.17, 15) is 9.50 Å². The minimum Gasteiger partial charge on any atom is -0.508 e. The van der Waals surface area contributed by atoms with Crippen molar-refractivity contribution in [3.63, 3.8) is 0 Å². The van der Waals surface area contributed by atoms with Crippen LogP contribution in [0.15, 0.2) is 54.9 Å². The standard InChI is InChI=1S/C25H25FN6O/c26-19-9-16(10-20(33)13-19)11-21-23(27)29-15-30-24(21)28-14-18-12-17-5-1-2-6-22(17)31-25(18)32-7-3-4-8-32/h1-2,5-6,9-10,12-13,15,33H,3-4,7-8,11,14H2,(H3,27,28,29,30). The van der Waals surface area contributed by atoms with Gasteiger partial charge in [0.1, 0.15) is 35.3 Å². The Balaban J connectivity index is 1.46. The van der Waals surface area contributed by atoms with E-state index in [-0.39, 0.29) is 12.2 Å². The molecule has 3 heterocycles. The minimum atomic E-state index is -0.507. The number of anilines is 3. The second-order valence-corrected chi connectivity index (χ2v) is 8.29. The van der Waals surface area contributed by atoms with Gasteiger partial charge in [0.05, 0.1) is 5.52 Å². The Morgan fingerprint density at radius 3 is 2.70 bits per heavy atom. The zero-order chi connectivity index (χ0) is 22.8. The summed E-state index contributed by atoms with van der Waals surface area (Å²) >= 11 is 0. The van der Waals surface area contributed by atoms with Gasteiger partial charge in [0, 0.05) is 48.6 Å². The van der Waals surface area contributed by atoms with Crippen LogP contribution in [0.4, 0.5) is 21.8 Å². The predicted molar refractivity (Wildman–Crippen MR) is 128 cm³/mol. The molecule has 0 saturated carbocycles. The molecular weight excluding hydrogens is 419 g/mol. The van der Waals surface area contributed by atoms with Gasteiger partial charge in [-0.3, -0.25) is 0 Å². The van der Waals surface area contributed by atoms with Crippen LogP contribution in [0.2, 0.25) is 0 Å². The van der Waals surface area contributed by atoms with E-state index >= 15 is 0 Å². The molecule has 5 rings (SSSR count). The number of para-hydroxylation sites is 1. The molecule has 0 amide bonds. The fraction of sp³-hybridized carbons (Fsp3) is 0.240. The first-order valence-electron chi connectivity index (χ1n) is 11.0. The summed E-state index contributed by atoms with van der Waals surface area (Å²) in [4.78, 5) is 15.8. The Bertz CT molecular complexity index is 1290. The van der Waals surface area contributed by atoms with Crippen LogP contribution in [-0.4, -0.2) is 33.1 Å². The molecule has 7 nitrogen and oxygen atoms in total. The van der Waals surface area contributed by atoms with Crippen molar-refractivity contribution < 1.29 is 9.50 Å². The van der Waals surface area contributed by atoms with E-state index in [0.717, 1.165) is 54.3 Å². The largest absolute Gasteiger partial charge is 0.508 e. The number of halogens is 1. The molecule has 8 heteroatoms. The molecule has 1 aliphatic rings. The Morgan fingerprint density at radius 2 is 1.88 bits per heavy atom. The van der Waals surface area contributed by atoms with Gasteiger partial charge < -0.3 is 21.1 Å². The third-order valence-electron chi connectivity index (χ3n) is 5.93. The number of benzene rings is 2. The first-order chi connectivity index (χ1) is 16.1. The van der Waals surface area contributed by atoms with Gasteiger partial charge in [-0.05, 0) is 42.7 Å². The first-order valence-corrected chi connectivity index (χ1v) is 11.0. The highest BCUT2D eigenvalue weighted by Gasteiger charge is 2.19. The molecule has 0 aliphatic carbocycles. The second kappa shape index (κ2) is 8.90. The molecule has 0 radical (unpaired) electrons. The lowest BCUT2D eigenvalue weighted by Crippen LogP contribution is -2.22. The number of nitrogen functional groups attached to an aromatic ring is 1. The average Bonchev–Trinajstić information content (AvgIpc) is 3.33. The number of aromatic nitrogens is 3. The van der Waals surface area contributed by atoms with Crippen LogP contribution in [0.5, 0.6) is 5.75 Å². The zero-order valence-electron chi connectivity index (χ0n) is 18.1. The van der Waals surface area contributed by atoms with E-state index in [1.165, 1.54) is 18.5 Å². The molecule has 33 heavy (non-hydrogen) atoms. The Labute approximate surface area is 191 Å². The molecule has 0 bridgehead atoms. The summed E-state index contributed by atoms with van der Waals surface area (Å²) in [6.45, 7) is 2.49. The highest BCUT2D eigenvalue weighted by Crippen LogP contribution is 2.29. The van der Waals surface area contributed by atoms with Gasteiger partial charge in [-0.2, -0.15) is 0 Å². The number of rotatable bonds is 6. The molecule has 2 aromatic heterocycles. The summed E-state index contributed by atoms with van der Waals surface area (Å²) in [6, 6.07) is 14.2. The van der Waals surface area contributed by atoms with E-state index in [0.29, 0.717) is 29.3 Å². The Hall–Kier alpha value is -3.94. The van der Waals surface area contributed by atoms with E-state index < -0.39 is 5.82 Å². The molecule has 168 valence electrons. The van der Waals surface area contributed by atoms with Gasteiger partial charge in [0.25, 0.3) is 0 Å². The number of aromatic hydroxyl groups is 1. The van der Waals surface area contributed by atoms with Crippen molar-refractivity contribution in [3.8, 4) is 5.75 Å². The van der Waals surface area contributed by atoms with E-state index in [2.05, 4.69) is 32.3 Å². The summed E-state index contributed by atoms with van der Waals surface area (Å²) in [7, 11) is 0. The van der Waals surface area contributed by atoms with Crippen molar-refractivity contribution in [3.05, 3.63) is 77.4 Å². The van der Waals surface area contributed by atoms with Crippen LogP contribution < -0.4 is 16.0 Å². The fourth-order valence-corrected chi connectivity index (χ4v) is 4.35. The number of phenolic OH excluding ortho intramolecular Hbond substituents is 1. The van der Waals surface area contributed by atoms with Crippen LogP contribution in [0.25, 0.3) is 10.9 Å². The first kappa shape index (κ1) is 20.9. The summed E-state index contributed by atoms with van der Waals surface area (Å²) < 4.78 is 13.8. The summed E-state index contributed by atoms with van der Waals surface area (Å²) in [5.74, 6) is 1.23. The maximum Gasteiger partial charge on any atom is 0.135 e. The van der Waals surface area contributed by atoms with Gasteiger partial charge >= 0.3 is 0 Å². The van der Waals surface area contributed by atoms with Gasteiger partial charge in [0.15, 0.2) is 0 Å². The topological polar surface area (TPSA) is 100 Å². The maximum absolute atomic E-state index is 13.8. The van der Waals surface area contributed by atoms with Crippen molar-refractivity contribution in [2.45, 2.75) is 25.8 Å². The van der Waals surface area contributed by atoms with Crippen molar-refractivity contribution in [2.75, 3.05) is 29.0 Å². The molecule has 1 saturated heterocycles. The van der Waals surface area contributed by atoms with Gasteiger partial charge in [-0.1, -0.05) is 18.2 Å². The molecule has 4 aromatic rings. The molecule has 1 aliphatic heterocycles. The summed E-state index contributed by atoms with van der Waals surface area (Å²) in [5.41, 5.74) is 9.43. The lowest BCUT2D eigenvalue weighted by Gasteiger charge is -2.21. The fourth-order valence-electron chi connectivity index (χ4n) is 4.35. The monoisotopic (exact) mass is 444 g/mol. The van der Waals surface area contributed by atoms with E-state index in [4.69, 9.17) is 10.7 Å². The van der Waals surface area contributed by atoms with E-state index in [1.807, 2.05) is 18.2 Å². The van der Waals surface area contributed by atoms with Crippen LogP contribution in [0.1, 0.15) is 29.5 Å². The molecule has 0 spiro atoms. The van der Waals surface area contributed by atoms with Crippen LogP contribution in [-0.2, 0) is 13.0 Å². The lowest BCUT2D eigenvalue weighted by atomic mass is 10.0. The number of phenols is 1. The third kappa shape index (κ3) is 4.50. The van der Waals surface area contributed by atoms with Crippen LogP contribution >= 0.6 is 0 Å². The van der Waals surface area contributed by atoms with Gasteiger partial charge in [0.2, 0.25) is 0 Å². The SMILES string of the molecule is Nc1ncnc(NCc2cc3ccccc3nc2N2CCCC2)c1Cc1cc(O)cc(F)c1. The number of nitrogens with two attached hydrogens (primary N) is 1. The normalized spacial score (nSPS) is 13.5. The number of hydrogen-bond donors (Lipinski definition) is 3. The number of nitrogens with one attached hydrogen (secondary N) is 1. The van der Waals surface area contributed by atoms with Crippen molar-refractivity contribution in [1.29, 1.82) is 0 Å². The number of fused-ring (bicyclic) bond motifs is 1. The molecule has 2 aromatic carbocycles. The minimum absolute atomic E-state index is 0.132. The Kier molecular flexibility index (Phi) is 5.64. The zero-order valence-corrected chi connectivity index (χ0v) is 18.1. The van der Waals surface area contributed by atoms with E-state index in [1.54, 1.807) is 0 Å². The Morgan fingerprint density at radius 1 is 1.06 bits per heavy atom. The number of hydrogen-bond acceptors (Lipinski definition) is 7. The highest BCUT2D eigenvalue weighted by atomic mass is 19.1. The predicted octanol–water partition coefficient (Wildman–Crippen LogP) is 4.25. The average molecular weight is 445 g/mol. The lowest BCUT2D eigenvalue weighted by molar-refractivity contribution is 0.468. The molecular formula is C25H25FN6O. The number of nitrogens with zero attached hydrogens (tertiary/aromatic N) is 4. The quantitative estimate of drug-likeness (QED) is 0.409. The summed E-state index contributed by atoms with van der Waals surface area (Å²) in [5, 5.41) is 14.2. The molecule has 1 fully saturated rings.